The van der Waals surface area contributed by atoms with Gasteiger partial charge in [0.25, 0.3) is 0 Å². The van der Waals surface area contributed by atoms with Crippen molar-refractivity contribution in [2.75, 3.05) is 37.7 Å². The Morgan fingerprint density at radius 3 is 2.58 bits per heavy atom. The van der Waals surface area contributed by atoms with Gasteiger partial charge in [-0.1, -0.05) is 0 Å². The highest BCUT2D eigenvalue weighted by Gasteiger charge is 2.30. The summed E-state index contributed by atoms with van der Waals surface area (Å²) >= 11 is 0. The first kappa shape index (κ1) is 21.0. The lowest BCUT2D eigenvalue weighted by Crippen LogP contribution is -2.50. The van der Waals surface area contributed by atoms with Gasteiger partial charge >= 0.3 is 6.09 Å². The molecule has 2 fully saturated rings. The van der Waals surface area contributed by atoms with E-state index < -0.39 is 0 Å². The fourth-order valence-corrected chi connectivity index (χ4v) is 4.08. The zero-order chi connectivity index (χ0) is 21.6. The molecule has 2 aliphatic heterocycles. The predicted molar refractivity (Wildman–Crippen MR) is 112 cm³/mol. The minimum absolute atomic E-state index is 0.0754. The van der Waals surface area contributed by atoms with Crippen LogP contribution in [0, 0.1) is 5.92 Å². The molecule has 1 N–H and O–H groups in total. The van der Waals surface area contributed by atoms with Crippen LogP contribution in [0.4, 0.5) is 10.6 Å². The number of rotatable bonds is 5. The van der Waals surface area contributed by atoms with E-state index in [-0.39, 0.29) is 24.0 Å². The second-order valence-electron chi connectivity index (χ2n) is 7.84. The lowest BCUT2D eigenvalue weighted by Gasteiger charge is -2.35. The van der Waals surface area contributed by atoms with Gasteiger partial charge in [0.2, 0.25) is 5.91 Å². The molecular weight excluding hydrogens is 400 g/mol. The number of hydrogen-bond donors (Lipinski definition) is 1. The van der Waals surface area contributed by atoms with E-state index in [0.717, 1.165) is 38.0 Å². The zero-order valence-electron chi connectivity index (χ0n) is 17.7. The maximum atomic E-state index is 12.9. The Bertz CT molecular complexity index is 865. The zero-order valence-corrected chi connectivity index (χ0v) is 17.7. The van der Waals surface area contributed by atoms with Gasteiger partial charge < -0.3 is 19.9 Å². The number of ether oxygens (including phenoxy) is 1. The first-order valence-corrected chi connectivity index (χ1v) is 10.8. The molecule has 1 atom stereocenters. The van der Waals surface area contributed by atoms with Gasteiger partial charge in [0.05, 0.1) is 12.5 Å². The van der Waals surface area contributed by atoms with E-state index in [0.29, 0.717) is 32.1 Å². The average molecular weight is 428 g/mol. The Labute approximate surface area is 180 Å². The van der Waals surface area contributed by atoms with Crippen molar-refractivity contribution in [3.63, 3.8) is 0 Å². The van der Waals surface area contributed by atoms with E-state index in [9.17, 15) is 9.59 Å². The summed E-state index contributed by atoms with van der Waals surface area (Å²) in [6, 6.07) is 3.84. The largest absolute Gasteiger partial charge is 0.450 e. The van der Waals surface area contributed by atoms with Crippen LogP contribution in [0.15, 0.2) is 24.8 Å². The van der Waals surface area contributed by atoms with E-state index in [1.807, 2.05) is 12.1 Å². The molecule has 0 aliphatic carbocycles. The Morgan fingerprint density at radius 1 is 1.13 bits per heavy atom. The summed E-state index contributed by atoms with van der Waals surface area (Å²) in [5.74, 6) is 1.34. The fourth-order valence-electron chi connectivity index (χ4n) is 4.08. The molecule has 2 amide bonds. The standard InChI is InChI=1S/C20H28N8O3/c1-2-31-20(30)26-10-7-16(8-11-26)23-19(29)15-4-3-9-27(12-15)17-5-6-18(25-24-17)28-14-21-13-22-28/h5-6,13-16H,2-4,7-12H2,1H3,(H,23,29)/t15-/m0/s1. The van der Waals surface area contributed by atoms with Crippen molar-refractivity contribution in [1.29, 1.82) is 0 Å². The van der Waals surface area contributed by atoms with Crippen molar-refractivity contribution < 1.29 is 14.3 Å². The minimum Gasteiger partial charge on any atom is -0.450 e. The van der Waals surface area contributed by atoms with Gasteiger partial charge in [-0.05, 0) is 44.7 Å². The third kappa shape index (κ3) is 5.09. The molecule has 0 spiro atoms. The molecule has 2 aliphatic rings. The maximum Gasteiger partial charge on any atom is 0.409 e. The van der Waals surface area contributed by atoms with Crippen LogP contribution in [0.25, 0.3) is 5.82 Å². The molecule has 0 aromatic carbocycles. The highest BCUT2D eigenvalue weighted by atomic mass is 16.6. The average Bonchev–Trinajstić information content (AvgIpc) is 3.35. The molecule has 4 heterocycles. The third-order valence-electron chi connectivity index (χ3n) is 5.77. The maximum absolute atomic E-state index is 12.9. The summed E-state index contributed by atoms with van der Waals surface area (Å²) in [7, 11) is 0. The molecule has 2 aromatic rings. The molecule has 11 nitrogen and oxygen atoms in total. The minimum atomic E-state index is -0.272. The number of amides is 2. The number of carbonyl (C=O) groups excluding carboxylic acids is 2. The molecule has 0 saturated carbocycles. The summed E-state index contributed by atoms with van der Waals surface area (Å²) in [5.41, 5.74) is 0. The number of carbonyl (C=O) groups is 2. The monoisotopic (exact) mass is 428 g/mol. The topological polar surface area (TPSA) is 118 Å². The molecule has 0 unspecified atom stereocenters. The quantitative estimate of drug-likeness (QED) is 0.750. The van der Waals surface area contributed by atoms with E-state index in [4.69, 9.17) is 4.74 Å². The van der Waals surface area contributed by atoms with E-state index in [2.05, 4.69) is 30.5 Å². The van der Waals surface area contributed by atoms with Crippen LogP contribution >= 0.6 is 0 Å². The van der Waals surface area contributed by atoms with Crippen LogP contribution in [-0.4, -0.2) is 80.7 Å². The molecule has 31 heavy (non-hydrogen) atoms. The van der Waals surface area contributed by atoms with Gasteiger partial charge in [-0.2, -0.15) is 5.10 Å². The molecule has 166 valence electrons. The highest BCUT2D eigenvalue weighted by Crippen LogP contribution is 2.22. The first-order valence-electron chi connectivity index (χ1n) is 10.8. The SMILES string of the molecule is CCOC(=O)N1CCC(NC(=O)[C@H]2CCCN(c3ccc(-n4cncn4)nn3)C2)CC1. The molecule has 11 heteroatoms. The van der Waals surface area contributed by atoms with E-state index in [1.54, 1.807) is 22.8 Å². The number of aromatic nitrogens is 5. The van der Waals surface area contributed by atoms with E-state index >= 15 is 0 Å². The van der Waals surface area contributed by atoms with Crippen molar-refractivity contribution in [2.24, 2.45) is 5.92 Å². The Hall–Kier alpha value is -3.24. The smallest absolute Gasteiger partial charge is 0.409 e. The first-order chi connectivity index (χ1) is 15.1. The van der Waals surface area contributed by atoms with Crippen molar-refractivity contribution in [1.82, 2.24) is 35.2 Å². The highest BCUT2D eigenvalue weighted by molar-refractivity contribution is 5.80. The van der Waals surface area contributed by atoms with Crippen molar-refractivity contribution in [2.45, 2.75) is 38.6 Å². The molecule has 4 rings (SSSR count). The van der Waals surface area contributed by atoms with Crippen LogP contribution in [0.2, 0.25) is 0 Å². The molecule has 2 aromatic heterocycles. The molecular formula is C20H28N8O3. The molecule has 0 bridgehead atoms. The second kappa shape index (κ2) is 9.71. The van der Waals surface area contributed by atoms with Gasteiger partial charge in [0.1, 0.15) is 12.7 Å². The predicted octanol–water partition coefficient (Wildman–Crippen LogP) is 1.01. The summed E-state index contributed by atoms with van der Waals surface area (Å²) in [6.07, 6.45) is 6.02. The van der Waals surface area contributed by atoms with Crippen LogP contribution in [0.5, 0.6) is 0 Å². The number of anilines is 1. The molecule has 2 saturated heterocycles. The number of nitrogens with one attached hydrogen (secondary N) is 1. The van der Waals surface area contributed by atoms with Gasteiger partial charge in [-0.3, -0.25) is 4.79 Å². The molecule has 0 radical (unpaired) electrons. The van der Waals surface area contributed by atoms with Gasteiger partial charge in [0, 0.05) is 32.2 Å². The normalized spacial score (nSPS) is 19.8. The lowest BCUT2D eigenvalue weighted by atomic mass is 9.95. The fraction of sp³-hybridized carbons (Fsp3) is 0.600. The van der Waals surface area contributed by atoms with Crippen LogP contribution < -0.4 is 10.2 Å². The summed E-state index contributed by atoms with van der Waals surface area (Å²) < 4.78 is 6.60. The number of piperidine rings is 2. The van der Waals surface area contributed by atoms with Crippen molar-refractivity contribution >= 4 is 17.8 Å². The van der Waals surface area contributed by atoms with Crippen LogP contribution in [-0.2, 0) is 9.53 Å². The third-order valence-corrected chi connectivity index (χ3v) is 5.77. The lowest BCUT2D eigenvalue weighted by molar-refractivity contribution is -0.126. The summed E-state index contributed by atoms with van der Waals surface area (Å²) in [6.45, 7) is 4.85. The number of likely N-dealkylation sites (tertiary alicyclic amines) is 1. The van der Waals surface area contributed by atoms with Crippen LogP contribution in [0.3, 0.4) is 0 Å². The second-order valence-corrected chi connectivity index (χ2v) is 7.84. The van der Waals surface area contributed by atoms with E-state index in [1.165, 1.54) is 6.33 Å². The van der Waals surface area contributed by atoms with Gasteiger partial charge in [-0.25, -0.2) is 14.5 Å². The number of hydrogen-bond acceptors (Lipinski definition) is 8. The Morgan fingerprint density at radius 2 is 1.90 bits per heavy atom. The van der Waals surface area contributed by atoms with Gasteiger partial charge in [0.15, 0.2) is 11.6 Å². The van der Waals surface area contributed by atoms with Gasteiger partial charge in [-0.15, -0.1) is 10.2 Å². The summed E-state index contributed by atoms with van der Waals surface area (Å²) in [5, 5.41) is 15.8. The van der Waals surface area contributed by atoms with Crippen molar-refractivity contribution in [3.05, 3.63) is 24.8 Å². The Kier molecular flexibility index (Phi) is 6.58. The number of nitrogens with zero attached hydrogens (tertiary/aromatic N) is 7. The van der Waals surface area contributed by atoms with Crippen LogP contribution in [0.1, 0.15) is 32.6 Å². The van der Waals surface area contributed by atoms with Crippen molar-refractivity contribution in [3.8, 4) is 5.82 Å². The Balaban J connectivity index is 1.28. The summed E-state index contributed by atoms with van der Waals surface area (Å²) in [4.78, 5) is 32.4.